The van der Waals surface area contributed by atoms with Crippen LogP contribution in [0.2, 0.25) is 5.02 Å². The number of amides is 3. The SMILES string of the molecule is COc1cc2c(cc1OC)[C@H](CNC(=O)c1ccc(Cl)cc1)N(C(=O)Nc1ccccc1)CC2. The monoisotopic (exact) mass is 479 g/mol. The molecule has 0 saturated carbocycles. The van der Waals surface area contributed by atoms with Crippen LogP contribution in [0, 0.1) is 0 Å². The lowest BCUT2D eigenvalue weighted by atomic mass is 9.91. The number of methoxy groups -OCH3 is 2. The Labute approximate surface area is 203 Å². The van der Waals surface area contributed by atoms with Crippen molar-refractivity contribution in [2.75, 3.05) is 32.6 Å². The number of benzene rings is 3. The van der Waals surface area contributed by atoms with Gasteiger partial charge in [0.2, 0.25) is 0 Å². The predicted molar refractivity (Wildman–Crippen MR) is 132 cm³/mol. The van der Waals surface area contributed by atoms with E-state index in [2.05, 4.69) is 10.6 Å². The van der Waals surface area contributed by atoms with E-state index in [4.69, 9.17) is 21.1 Å². The summed E-state index contributed by atoms with van der Waals surface area (Å²) in [5.74, 6) is 0.959. The number of carbonyl (C=O) groups excluding carboxylic acids is 2. The highest BCUT2D eigenvalue weighted by Gasteiger charge is 2.32. The van der Waals surface area contributed by atoms with Crippen LogP contribution in [0.3, 0.4) is 0 Å². The Balaban J connectivity index is 1.62. The van der Waals surface area contributed by atoms with Crippen molar-refractivity contribution < 1.29 is 19.1 Å². The van der Waals surface area contributed by atoms with Gasteiger partial charge in [-0.25, -0.2) is 4.79 Å². The van der Waals surface area contributed by atoms with Crippen LogP contribution in [0.1, 0.15) is 27.5 Å². The molecule has 2 N–H and O–H groups in total. The van der Waals surface area contributed by atoms with Crippen molar-refractivity contribution in [1.29, 1.82) is 0 Å². The minimum absolute atomic E-state index is 0.228. The van der Waals surface area contributed by atoms with Crippen LogP contribution in [0.25, 0.3) is 0 Å². The van der Waals surface area contributed by atoms with Crippen molar-refractivity contribution in [3.8, 4) is 11.5 Å². The predicted octanol–water partition coefficient (Wildman–Crippen LogP) is 4.92. The Morgan fingerprint density at radius 2 is 1.68 bits per heavy atom. The molecule has 0 spiro atoms. The summed E-state index contributed by atoms with van der Waals surface area (Å²) >= 11 is 5.94. The fourth-order valence-electron chi connectivity index (χ4n) is 4.10. The molecule has 1 aliphatic rings. The number of rotatable bonds is 6. The molecule has 176 valence electrons. The van der Waals surface area contributed by atoms with E-state index >= 15 is 0 Å². The van der Waals surface area contributed by atoms with E-state index < -0.39 is 6.04 Å². The van der Waals surface area contributed by atoms with Crippen LogP contribution in [0.5, 0.6) is 11.5 Å². The van der Waals surface area contributed by atoms with Gasteiger partial charge in [-0.1, -0.05) is 29.8 Å². The number of anilines is 1. The first-order valence-corrected chi connectivity index (χ1v) is 11.3. The molecule has 0 bridgehead atoms. The molecule has 0 unspecified atom stereocenters. The average molecular weight is 480 g/mol. The molecule has 0 aromatic heterocycles. The molecular formula is C26H26ClN3O4. The molecule has 34 heavy (non-hydrogen) atoms. The van der Waals surface area contributed by atoms with Crippen LogP contribution in [0.15, 0.2) is 66.7 Å². The van der Waals surface area contributed by atoms with Gasteiger partial charge in [0, 0.05) is 29.4 Å². The molecule has 8 heteroatoms. The molecule has 7 nitrogen and oxygen atoms in total. The fourth-order valence-corrected chi connectivity index (χ4v) is 4.23. The van der Waals surface area contributed by atoms with Gasteiger partial charge in [0.25, 0.3) is 5.91 Å². The summed E-state index contributed by atoms with van der Waals surface area (Å²) in [5.41, 5.74) is 3.15. The lowest BCUT2D eigenvalue weighted by molar-refractivity contribution is 0.0936. The lowest BCUT2D eigenvalue weighted by Crippen LogP contribution is -2.46. The van der Waals surface area contributed by atoms with Crippen molar-refractivity contribution >= 4 is 29.2 Å². The smallest absolute Gasteiger partial charge is 0.322 e. The summed E-state index contributed by atoms with van der Waals surface area (Å²) in [7, 11) is 3.17. The van der Waals surface area contributed by atoms with Crippen molar-refractivity contribution in [2.45, 2.75) is 12.5 Å². The zero-order valence-electron chi connectivity index (χ0n) is 19.0. The van der Waals surface area contributed by atoms with Gasteiger partial charge in [0.05, 0.1) is 20.3 Å². The van der Waals surface area contributed by atoms with Gasteiger partial charge in [-0.2, -0.15) is 0 Å². The van der Waals surface area contributed by atoms with Gasteiger partial charge in [-0.3, -0.25) is 4.79 Å². The Kier molecular flexibility index (Phi) is 7.23. The van der Waals surface area contributed by atoms with Gasteiger partial charge >= 0.3 is 6.03 Å². The van der Waals surface area contributed by atoms with E-state index in [0.29, 0.717) is 40.7 Å². The van der Waals surface area contributed by atoms with Crippen LogP contribution in [0.4, 0.5) is 10.5 Å². The third kappa shape index (κ3) is 5.10. The van der Waals surface area contributed by atoms with Gasteiger partial charge in [0.1, 0.15) is 0 Å². The molecule has 4 rings (SSSR count). The number of fused-ring (bicyclic) bond motifs is 1. The number of para-hydroxylation sites is 1. The highest BCUT2D eigenvalue weighted by molar-refractivity contribution is 6.30. The number of hydrogen-bond donors (Lipinski definition) is 2. The van der Waals surface area contributed by atoms with E-state index in [1.165, 1.54) is 0 Å². The number of nitrogens with zero attached hydrogens (tertiary/aromatic N) is 1. The Morgan fingerprint density at radius 1 is 1.00 bits per heavy atom. The molecule has 0 fully saturated rings. The van der Waals surface area contributed by atoms with E-state index in [1.807, 2.05) is 42.5 Å². The van der Waals surface area contributed by atoms with Gasteiger partial charge < -0.3 is 25.0 Å². The van der Waals surface area contributed by atoms with Crippen molar-refractivity contribution in [2.24, 2.45) is 0 Å². The number of urea groups is 1. The molecule has 1 atom stereocenters. The summed E-state index contributed by atoms with van der Waals surface area (Å²) in [4.78, 5) is 27.8. The first-order chi connectivity index (χ1) is 16.5. The van der Waals surface area contributed by atoms with Gasteiger partial charge in [-0.15, -0.1) is 0 Å². The van der Waals surface area contributed by atoms with Gasteiger partial charge in [-0.05, 0) is 66.1 Å². The Hall–Kier alpha value is -3.71. The topological polar surface area (TPSA) is 79.9 Å². The zero-order valence-corrected chi connectivity index (χ0v) is 19.8. The van der Waals surface area contributed by atoms with E-state index in [0.717, 1.165) is 11.1 Å². The molecule has 1 heterocycles. The maximum Gasteiger partial charge on any atom is 0.322 e. The van der Waals surface area contributed by atoms with E-state index in [9.17, 15) is 9.59 Å². The third-order valence-electron chi connectivity index (χ3n) is 5.85. The van der Waals surface area contributed by atoms with Crippen LogP contribution in [-0.2, 0) is 6.42 Å². The minimum Gasteiger partial charge on any atom is -0.493 e. The molecule has 3 amide bonds. The number of ether oxygens (including phenoxy) is 2. The fraction of sp³-hybridized carbons (Fsp3) is 0.231. The Bertz CT molecular complexity index is 1170. The second kappa shape index (κ2) is 10.5. The number of nitrogens with one attached hydrogen (secondary N) is 2. The normalized spacial score (nSPS) is 14.7. The maximum absolute atomic E-state index is 13.2. The lowest BCUT2D eigenvalue weighted by Gasteiger charge is -2.38. The molecule has 0 radical (unpaired) electrons. The van der Waals surface area contributed by atoms with Gasteiger partial charge in [0.15, 0.2) is 11.5 Å². The number of carbonyl (C=O) groups is 2. The summed E-state index contributed by atoms with van der Waals surface area (Å²) in [6.07, 6.45) is 0.652. The molecule has 3 aromatic rings. The second-order valence-corrected chi connectivity index (χ2v) is 8.31. The largest absolute Gasteiger partial charge is 0.493 e. The Morgan fingerprint density at radius 3 is 2.35 bits per heavy atom. The molecule has 0 aliphatic carbocycles. The number of halogens is 1. The van der Waals surface area contributed by atoms with Crippen molar-refractivity contribution in [1.82, 2.24) is 10.2 Å². The highest BCUT2D eigenvalue weighted by atomic mass is 35.5. The van der Waals surface area contributed by atoms with E-state index in [1.54, 1.807) is 43.4 Å². The first kappa shape index (κ1) is 23.4. The molecule has 3 aromatic carbocycles. The molecular weight excluding hydrogens is 454 g/mol. The zero-order chi connectivity index (χ0) is 24.1. The molecule has 0 saturated heterocycles. The van der Waals surface area contributed by atoms with Crippen molar-refractivity contribution in [3.05, 3.63) is 88.4 Å². The maximum atomic E-state index is 13.2. The van der Waals surface area contributed by atoms with Crippen LogP contribution in [-0.4, -0.2) is 44.1 Å². The average Bonchev–Trinajstić information content (AvgIpc) is 2.87. The summed E-state index contributed by atoms with van der Waals surface area (Å²) in [5, 5.41) is 6.48. The second-order valence-electron chi connectivity index (χ2n) is 7.88. The minimum atomic E-state index is -0.400. The van der Waals surface area contributed by atoms with E-state index in [-0.39, 0.29) is 18.5 Å². The summed E-state index contributed by atoms with van der Waals surface area (Å²) < 4.78 is 11.0. The number of hydrogen-bond acceptors (Lipinski definition) is 4. The summed E-state index contributed by atoms with van der Waals surface area (Å²) in [6.45, 7) is 0.717. The first-order valence-electron chi connectivity index (χ1n) is 10.9. The summed E-state index contributed by atoms with van der Waals surface area (Å²) in [6, 6.07) is 19.1. The standard InChI is InChI=1S/C26H26ClN3O4/c1-33-23-14-18-12-13-30(26(32)29-20-6-4-3-5-7-20)22(21(18)15-24(23)34-2)16-28-25(31)17-8-10-19(27)11-9-17/h3-11,14-15,22H,12-13,16H2,1-2H3,(H,28,31)(H,29,32)/t22-/m0/s1. The third-order valence-corrected chi connectivity index (χ3v) is 6.10. The van der Waals surface area contributed by atoms with Crippen LogP contribution < -0.4 is 20.1 Å². The van der Waals surface area contributed by atoms with Crippen molar-refractivity contribution in [3.63, 3.8) is 0 Å². The quantitative estimate of drug-likeness (QED) is 0.526. The van der Waals surface area contributed by atoms with Crippen LogP contribution >= 0.6 is 11.6 Å². The highest BCUT2D eigenvalue weighted by Crippen LogP contribution is 2.38. The molecule has 1 aliphatic heterocycles.